The molecular weight excluding hydrogens is 392 g/mol. The number of aromatic amines is 1. The summed E-state index contributed by atoms with van der Waals surface area (Å²) in [7, 11) is 1.63. The summed E-state index contributed by atoms with van der Waals surface area (Å²) in [5.41, 5.74) is -0.438. The molecule has 2 aliphatic rings. The van der Waals surface area contributed by atoms with Gasteiger partial charge in [-0.25, -0.2) is 14.8 Å². The molecule has 9 heteroatoms. The smallest absolute Gasteiger partial charge is 0.410 e. The number of carbonyl (C=O) groups is 1. The quantitative estimate of drug-likeness (QED) is 0.706. The number of nitrogens with zero attached hydrogens (tertiary/aromatic N) is 3. The second-order valence-corrected chi connectivity index (χ2v) is 8.36. The van der Waals surface area contributed by atoms with Gasteiger partial charge < -0.3 is 14.5 Å². The molecular formula is C20H20N4O4S. The average Bonchev–Trinajstić information content (AvgIpc) is 3.17. The molecule has 0 spiro atoms. The summed E-state index contributed by atoms with van der Waals surface area (Å²) in [6.07, 6.45) is 2.90. The lowest BCUT2D eigenvalue weighted by Crippen LogP contribution is -2.33. The summed E-state index contributed by atoms with van der Waals surface area (Å²) in [6, 6.07) is 8.78. The summed E-state index contributed by atoms with van der Waals surface area (Å²) in [5, 5.41) is 0.708. The molecule has 1 unspecified atom stereocenters. The molecule has 1 aliphatic carbocycles. The Morgan fingerprint density at radius 2 is 2.07 bits per heavy atom. The van der Waals surface area contributed by atoms with Crippen molar-refractivity contribution in [2.75, 3.05) is 13.7 Å². The van der Waals surface area contributed by atoms with Gasteiger partial charge in [0.1, 0.15) is 22.2 Å². The van der Waals surface area contributed by atoms with Crippen molar-refractivity contribution < 1.29 is 14.3 Å². The minimum Gasteiger partial charge on any atom is -0.410 e. The summed E-state index contributed by atoms with van der Waals surface area (Å²) in [4.78, 5) is 39.5. The van der Waals surface area contributed by atoms with E-state index in [1.54, 1.807) is 24.1 Å². The highest BCUT2D eigenvalue weighted by Crippen LogP contribution is 2.47. The van der Waals surface area contributed by atoms with Gasteiger partial charge in [-0.3, -0.25) is 9.69 Å². The van der Waals surface area contributed by atoms with E-state index in [0.29, 0.717) is 33.5 Å². The number of carbonyl (C=O) groups excluding carboxylic acids is 1. The molecule has 1 aliphatic heterocycles. The fraction of sp³-hybridized carbons (Fsp3) is 0.400. The molecule has 1 N–H and O–H groups in total. The molecule has 1 atom stereocenters. The van der Waals surface area contributed by atoms with Gasteiger partial charge in [0.25, 0.3) is 5.56 Å². The van der Waals surface area contributed by atoms with Crippen LogP contribution in [0.3, 0.4) is 0 Å². The molecule has 150 valence electrons. The largest absolute Gasteiger partial charge is 0.415 e. The van der Waals surface area contributed by atoms with Crippen LogP contribution in [0.1, 0.15) is 42.6 Å². The first-order valence-corrected chi connectivity index (χ1v) is 10.4. The molecule has 3 aromatic rings. The standard InChI is InChI=1S/C20H20N4O4S/c1-27-20(9-10-20)18-22-15(25)14-17(23-18)29-16(21-14)13-8-5-11-24(13)19(26)28-12-6-3-2-4-7-12/h2-4,6-7,13H,5,8-11H2,1H3,(H,22,23,25). The average molecular weight is 412 g/mol. The van der Waals surface area contributed by atoms with Gasteiger partial charge in [0, 0.05) is 13.7 Å². The van der Waals surface area contributed by atoms with E-state index in [4.69, 9.17) is 9.47 Å². The maximum atomic E-state index is 12.7. The Balaban J connectivity index is 1.44. The van der Waals surface area contributed by atoms with Crippen LogP contribution in [-0.2, 0) is 10.3 Å². The van der Waals surface area contributed by atoms with Gasteiger partial charge in [0.05, 0.1) is 6.04 Å². The van der Waals surface area contributed by atoms with Crippen LogP contribution in [0.15, 0.2) is 35.1 Å². The Morgan fingerprint density at radius 3 is 2.79 bits per heavy atom. The first-order chi connectivity index (χ1) is 14.1. The Morgan fingerprint density at radius 1 is 1.28 bits per heavy atom. The van der Waals surface area contributed by atoms with Crippen LogP contribution in [-0.4, -0.2) is 39.6 Å². The number of para-hydroxylation sites is 1. The third kappa shape index (κ3) is 3.20. The molecule has 2 fully saturated rings. The van der Waals surface area contributed by atoms with Crippen LogP contribution in [0.5, 0.6) is 5.75 Å². The number of hydrogen-bond acceptors (Lipinski definition) is 7. The van der Waals surface area contributed by atoms with Crippen molar-refractivity contribution >= 4 is 27.8 Å². The van der Waals surface area contributed by atoms with E-state index in [-0.39, 0.29) is 11.6 Å². The number of H-pyrrole nitrogens is 1. The molecule has 5 rings (SSSR count). The number of likely N-dealkylation sites (tertiary alicyclic amines) is 1. The predicted octanol–water partition coefficient (Wildman–Crippen LogP) is 3.35. The molecule has 0 bridgehead atoms. The van der Waals surface area contributed by atoms with Gasteiger partial charge in [-0.15, -0.1) is 0 Å². The van der Waals surface area contributed by atoms with Crippen LogP contribution in [0.4, 0.5) is 4.79 Å². The van der Waals surface area contributed by atoms with Crippen LogP contribution in [0.25, 0.3) is 10.3 Å². The zero-order chi connectivity index (χ0) is 20.0. The fourth-order valence-corrected chi connectivity index (χ4v) is 4.84. The summed E-state index contributed by atoms with van der Waals surface area (Å²) < 4.78 is 11.0. The number of fused-ring (bicyclic) bond motifs is 1. The minimum absolute atomic E-state index is 0.217. The number of benzene rings is 1. The van der Waals surface area contributed by atoms with Crippen LogP contribution in [0.2, 0.25) is 0 Å². The SMILES string of the molecule is COC1(c2nc3sc(C4CCCN4C(=O)Oc4ccccc4)nc3c(=O)[nH]2)CC1. The monoisotopic (exact) mass is 412 g/mol. The number of aromatic nitrogens is 3. The molecule has 1 saturated carbocycles. The first-order valence-electron chi connectivity index (χ1n) is 9.59. The summed E-state index contributed by atoms with van der Waals surface area (Å²) in [5.74, 6) is 1.06. The second-order valence-electron chi connectivity index (χ2n) is 7.35. The van der Waals surface area contributed by atoms with Gasteiger partial charge in [0.15, 0.2) is 10.3 Å². The van der Waals surface area contributed by atoms with Gasteiger partial charge in [-0.05, 0) is 37.8 Å². The lowest BCUT2D eigenvalue weighted by atomic mass is 10.2. The van der Waals surface area contributed by atoms with E-state index in [9.17, 15) is 9.59 Å². The Kier molecular flexibility index (Phi) is 4.36. The molecule has 2 aromatic heterocycles. The highest BCUT2D eigenvalue weighted by molar-refractivity contribution is 7.18. The zero-order valence-corrected chi connectivity index (χ0v) is 16.7. The third-order valence-electron chi connectivity index (χ3n) is 5.53. The maximum absolute atomic E-state index is 12.7. The lowest BCUT2D eigenvalue weighted by molar-refractivity contribution is 0.0712. The number of amides is 1. The van der Waals surface area contributed by atoms with Gasteiger partial charge in [0.2, 0.25) is 0 Å². The van der Waals surface area contributed by atoms with Crippen molar-refractivity contribution in [3.8, 4) is 5.75 Å². The van der Waals surface area contributed by atoms with Gasteiger partial charge in [-0.2, -0.15) is 0 Å². The van der Waals surface area contributed by atoms with E-state index in [1.165, 1.54) is 11.3 Å². The van der Waals surface area contributed by atoms with Crippen LogP contribution >= 0.6 is 11.3 Å². The first kappa shape index (κ1) is 18.3. The molecule has 29 heavy (non-hydrogen) atoms. The Bertz CT molecular complexity index is 1120. The number of methoxy groups -OCH3 is 1. The normalized spacial score (nSPS) is 20.2. The number of thiazole rings is 1. The van der Waals surface area contributed by atoms with Crippen molar-refractivity contribution in [2.45, 2.75) is 37.3 Å². The van der Waals surface area contributed by atoms with Crippen LogP contribution in [0, 0.1) is 0 Å². The number of hydrogen-bond donors (Lipinski definition) is 1. The molecule has 3 heterocycles. The zero-order valence-electron chi connectivity index (χ0n) is 15.9. The van der Waals surface area contributed by atoms with Gasteiger partial charge in [-0.1, -0.05) is 29.5 Å². The van der Waals surface area contributed by atoms with E-state index in [1.807, 2.05) is 18.2 Å². The van der Waals surface area contributed by atoms with E-state index in [2.05, 4.69) is 15.0 Å². The third-order valence-corrected chi connectivity index (χ3v) is 6.58. The topological polar surface area (TPSA) is 97.4 Å². The highest BCUT2D eigenvalue weighted by atomic mass is 32.1. The number of nitrogens with one attached hydrogen (secondary N) is 1. The van der Waals surface area contributed by atoms with E-state index >= 15 is 0 Å². The molecule has 1 aromatic carbocycles. The van der Waals surface area contributed by atoms with Crippen molar-refractivity contribution in [2.24, 2.45) is 0 Å². The maximum Gasteiger partial charge on any atom is 0.415 e. The molecule has 0 radical (unpaired) electrons. The van der Waals surface area contributed by atoms with Crippen molar-refractivity contribution in [1.29, 1.82) is 0 Å². The van der Waals surface area contributed by atoms with Crippen LogP contribution < -0.4 is 10.3 Å². The summed E-state index contributed by atoms with van der Waals surface area (Å²) >= 11 is 1.36. The number of rotatable bonds is 4. The van der Waals surface area contributed by atoms with E-state index < -0.39 is 11.7 Å². The fourth-order valence-electron chi connectivity index (χ4n) is 3.75. The van der Waals surface area contributed by atoms with Crippen molar-refractivity contribution in [1.82, 2.24) is 19.9 Å². The Hall–Kier alpha value is -2.78. The molecule has 8 nitrogen and oxygen atoms in total. The van der Waals surface area contributed by atoms with Crippen molar-refractivity contribution in [3.63, 3.8) is 0 Å². The Labute approximate surface area is 170 Å². The van der Waals surface area contributed by atoms with Crippen molar-refractivity contribution in [3.05, 3.63) is 51.5 Å². The number of ether oxygens (including phenoxy) is 2. The molecule has 1 saturated heterocycles. The second kappa shape index (κ2) is 6.93. The predicted molar refractivity (Wildman–Crippen MR) is 107 cm³/mol. The molecule has 1 amide bonds. The van der Waals surface area contributed by atoms with E-state index in [0.717, 1.165) is 25.7 Å². The lowest BCUT2D eigenvalue weighted by Gasteiger charge is -2.22. The highest BCUT2D eigenvalue weighted by Gasteiger charge is 2.47. The van der Waals surface area contributed by atoms with Gasteiger partial charge >= 0.3 is 6.09 Å². The summed E-state index contributed by atoms with van der Waals surface area (Å²) in [6.45, 7) is 0.591. The minimum atomic E-state index is -0.476.